The fourth-order valence-corrected chi connectivity index (χ4v) is 4.01. The molecule has 0 bridgehead atoms. The van der Waals surface area contributed by atoms with Gasteiger partial charge in [0.2, 0.25) is 0 Å². The minimum atomic E-state index is 0.180. The molecule has 0 aromatic heterocycles. The molecule has 1 aromatic carbocycles. The maximum absolute atomic E-state index is 9.62. The van der Waals surface area contributed by atoms with Crippen molar-refractivity contribution in [2.45, 2.75) is 44.1 Å². The zero-order valence-corrected chi connectivity index (χ0v) is 10.5. The van der Waals surface area contributed by atoms with Crippen LogP contribution in [0.3, 0.4) is 0 Å². The molecule has 2 N–H and O–H groups in total. The Labute approximate surface area is 103 Å². The zero-order valence-electron chi connectivity index (χ0n) is 10.5. The van der Waals surface area contributed by atoms with Gasteiger partial charge in [-0.05, 0) is 61.9 Å². The Morgan fingerprint density at radius 2 is 2.18 bits per heavy atom. The van der Waals surface area contributed by atoms with Crippen LogP contribution in [0.4, 0.5) is 0 Å². The molecule has 0 radical (unpaired) electrons. The fraction of sp³-hybridized carbons (Fsp3) is 0.600. The molecule has 0 spiro atoms. The van der Waals surface area contributed by atoms with Crippen LogP contribution in [0.15, 0.2) is 18.2 Å². The molecule has 2 nitrogen and oxygen atoms in total. The summed E-state index contributed by atoms with van der Waals surface area (Å²) >= 11 is 0. The molecule has 92 valence electrons. The Kier molecular flexibility index (Phi) is 2.62. The van der Waals surface area contributed by atoms with E-state index in [0.29, 0.717) is 5.75 Å². The van der Waals surface area contributed by atoms with E-state index in [0.717, 1.165) is 12.3 Å². The predicted molar refractivity (Wildman–Crippen MR) is 69.1 cm³/mol. The van der Waals surface area contributed by atoms with Crippen LogP contribution in [-0.2, 0) is 12.0 Å². The highest BCUT2D eigenvalue weighted by Crippen LogP contribution is 2.48. The molecule has 1 fully saturated rings. The van der Waals surface area contributed by atoms with E-state index in [4.69, 9.17) is 0 Å². The summed E-state index contributed by atoms with van der Waals surface area (Å²) in [5, 5.41) is 13.2. The number of nitrogens with one attached hydrogen (secondary N) is 1. The van der Waals surface area contributed by atoms with Crippen molar-refractivity contribution in [2.75, 3.05) is 7.05 Å². The second-order valence-corrected chi connectivity index (χ2v) is 5.54. The summed E-state index contributed by atoms with van der Waals surface area (Å²) in [6.45, 7) is 0. The third-order valence-electron chi connectivity index (χ3n) is 4.85. The van der Waals surface area contributed by atoms with Gasteiger partial charge in [-0.3, -0.25) is 0 Å². The Bertz CT molecular complexity index is 429. The van der Waals surface area contributed by atoms with Crippen molar-refractivity contribution in [2.24, 2.45) is 5.92 Å². The summed E-state index contributed by atoms with van der Waals surface area (Å²) in [6.07, 6.45) is 7.67. The molecule has 2 aliphatic rings. The maximum Gasteiger partial charge on any atom is 0.115 e. The van der Waals surface area contributed by atoms with Crippen molar-refractivity contribution >= 4 is 0 Å². The molecule has 0 aliphatic heterocycles. The van der Waals surface area contributed by atoms with E-state index in [1.807, 2.05) is 12.1 Å². The van der Waals surface area contributed by atoms with Crippen molar-refractivity contribution < 1.29 is 5.11 Å². The lowest BCUT2D eigenvalue weighted by molar-refractivity contribution is 0.129. The van der Waals surface area contributed by atoms with E-state index in [9.17, 15) is 5.11 Å². The van der Waals surface area contributed by atoms with Crippen molar-refractivity contribution in [1.29, 1.82) is 0 Å². The van der Waals surface area contributed by atoms with Gasteiger partial charge < -0.3 is 10.4 Å². The van der Waals surface area contributed by atoms with Crippen LogP contribution in [0, 0.1) is 5.92 Å². The second-order valence-electron chi connectivity index (χ2n) is 5.54. The topological polar surface area (TPSA) is 32.3 Å². The van der Waals surface area contributed by atoms with E-state index in [-0.39, 0.29) is 5.54 Å². The van der Waals surface area contributed by atoms with Gasteiger partial charge in [0, 0.05) is 5.54 Å². The first-order chi connectivity index (χ1) is 8.26. The van der Waals surface area contributed by atoms with Crippen molar-refractivity contribution in [3.8, 4) is 5.75 Å². The van der Waals surface area contributed by atoms with E-state index in [1.165, 1.54) is 43.2 Å². The Hall–Kier alpha value is -1.02. The van der Waals surface area contributed by atoms with Gasteiger partial charge in [0.05, 0.1) is 0 Å². The zero-order chi connectivity index (χ0) is 11.9. The number of rotatable bonds is 1. The largest absolute Gasteiger partial charge is 0.508 e. The highest BCUT2D eigenvalue weighted by atomic mass is 16.3. The molecule has 1 aromatic rings. The van der Waals surface area contributed by atoms with Gasteiger partial charge in [-0.1, -0.05) is 18.9 Å². The monoisotopic (exact) mass is 231 g/mol. The lowest BCUT2D eigenvalue weighted by Gasteiger charge is -2.48. The van der Waals surface area contributed by atoms with Gasteiger partial charge in [0.15, 0.2) is 0 Å². The number of aryl methyl sites for hydroxylation is 1. The Balaban J connectivity index is 2.11. The third-order valence-corrected chi connectivity index (χ3v) is 4.85. The molecule has 0 heterocycles. The van der Waals surface area contributed by atoms with E-state index < -0.39 is 0 Å². The van der Waals surface area contributed by atoms with Gasteiger partial charge in [0.25, 0.3) is 0 Å². The minimum absolute atomic E-state index is 0.180. The molecule has 2 atom stereocenters. The summed E-state index contributed by atoms with van der Waals surface area (Å²) in [4.78, 5) is 0. The highest BCUT2D eigenvalue weighted by molar-refractivity contribution is 5.42. The average Bonchev–Trinajstić information content (AvgIpc) is 2.37. The average molecular weight is 231 g/mol. The first-order valence-electron chi connectivity index (χ1n) is 6.77. The number of aromatic hydroxyl groups is 1. The van der Waals surface area contributed by atoms with Crippen LogP contribution in [-0.4, -0.2) is 12.2 Å². The third kappa shape index (κ3) is 1.58. The number of fused-ring (bicyclic) bond motifs is 3. The van der Waals surface area contributed by atoms with E-state index in [2.05, 4.69) is 18.4 Å². The molecule has 0 amide bonds. The summed E-state index contributed by atoms with van der Waals surface area (Å²) < 4.78 is 0. The van der Waals surface area contributed by atoms with Gasteiger partial charge in [0.1, 0.15) is 5.75 Å². The molecule has 0 unspecified atom stereocenters. The van der Waals surface area contributed by atoms with Gasteiger partial charge >= 0.3 is 0 Å². The number of phenolic OH excluding ortho intramolecular Hbond substituents is 1. The molecular weight excluding hydrogens is 210 g/mol. The van der Waals surface area contributed by atoms with Gasteiger partial charge in [-0.2, -0.15) is 0 Å². The number of hydrogen-bond donors (Lipinski definition) is 2. The van der Waals surface area contributed by atoms with Crippen molar-refractivity contribution in [3.63, 3.8) is 0 Å². The van der Waals surface area contributed by atoms with Crippen LogP contribution >= 0.6 is 0 Å². The standard InChI is InChI=1S/C15H21NO/c1-16-15-9-3-2-4-12(15)6-5-11-10-13(17)7-8-14(11)15/h7-8,10,12,16-17H,2-6,9H2,1H3/t12-,15+/m0/s1. The van der Waals surface area contributed by atoms with Crippen molar-refractivity contribution in [3.05, 3.63) is 29.3 Å². The summed E-state index contributed by atoms with van der Waals surface area (Å²) in [6, 6.07) is 5.94. The molecule has 17 heavy (non-hydrogen) atoms. The molecule has 3 rings (SSSR count). The molecule has 2 aliphatic carbocycles. The summed E-state index contributed by atoms with van der Waals surface area (Å²) in [7, 11) is 2.10. The number of phenols is 1. The molecular formula is C15H21NO. The quantitative estimate of drug-likeness (QED) is 0.779. The first-order valence-corrected chi connectivity index (χ1v) is 6.77. The fourth-order valence-electron chi connectivity index (χ4n) is 4.01. The van der Waals surface area contributed by atoms with Crippen LogP contribution in [0.25, 0.3) is 0 Å². The Morgan fingerprint density at radius 3 is 3.00 bits per heavy atom. The highest BCUT2D eigenvalue weighted by Gasteiger charge is 2.44. The van der Waals surface area contributed by atoms with Crippen LogP contribution < -0.4 is 5.32 Å². The first kappa shape index (κ1) is 11.1. The number of benzene rings is 1. The predicted octanol–water partition coefficient (Wildman–Crippen LogP) is 2.94. The normalized spacial score (nSPS) is 31.7. The van der Waals surface area contributed by atoms with E-state index in [1.54, 1.807) is 0 Å². The smallest absolute Gasteiger partial charge is 0.115 e. The molecule has 0 saturated heterocycles. The SMILES string of the molecule is CN[C@]12CCCC[C@H]1CCc1cc(O)ccc12. The lowest BCUT2D eigenvalue weighted by Crippen LogP contribution is -2.51. The molecule has 1 saturated carbocycles. The second kappa shape index (κ2) is 4.02. The minimum Gasteiger partial charge on any atom is -0.508 e. The maximum atomic E-state index is 9.62. The summed E-state index contributed by atoms with van der Waals surface area (Å²) in [5.74, 6) is 1.18. The summed E-state index contributed by atoms with van der Waals surface area (Å²) in [5.41, 5.74) is 2.96. The van der Waals surface area contributed by atoms with Gasteiger partial charge in [-0.25, -0.2) is 0 Å². The Morgan fingerprint density at radius 1 is 1.29 bits per heavy atom. The lowest BCUT2D eigenvalue weighted by atomic mass is 9.62. The van der Waals surface area contributed by atoms with Crippen molar-refractivity contribution in [1.82, 2.24) is 5.32 Å². The number of hydrogen-bond acceptors (Lipinski definition) is 2. The van der Waals surface area contributed by atoms with Crippen LogP contribution in [0.2, 0.25) is 0 Å². The van der Waals surface area contributed by atoms with Crippen LogP contribution in [0.1, 0.15) is 43.2 Å². The van der Waals surface area contributed by atoms with Crippen LogP contribution in [0.5, 0.6) is 5.75 Å². The van der Waals surface area contributed by atoms with Gasteiger partial charge in [-0.15, -0.1) is 0 Å². The van der Waals surface area contributed by atoms with E-state index >= 15 is 0 Å². The molecule has 2 heteroatoms.